The fourth-order valence-electron chi connectivity index (χ4n) is 2.47. The van der Waals surface area contributed by atoms with Crippen molar-refractivity contribution >= 4 is 17.3 Å². The van der Waals surface area contributed by atoms with Crippen molar-refractivity contribution in [3.63, 3.8) is 0 Å². The molecule has 0 spiro atoms. The first-order valence-corrected chi connectivity index (χ1v) is 6.75. The van der Waals surface area contributed by atoms with Crippen LogP contribution in [0.3, 0.4) is 0 Å². The summed E-state index contributed by atoms with van der Waals surface area (Å²) in [5.41, 5.74) is 0.349. The van der Waals surface area contributed by atoms with Crippen LogP contribution in [0.15, 0.2) is 18.2 Å². The molecule has 1 aliphatic carbocycles. The highest BCUT2D eigenvalue weighted by Gasteiger charge is 2.28. The number of hydrogen-bond donors (Lipinski definition) is 1. The first-order valence-electron chi connectivity index (χ1n) is 6.75. The lowest BCUT2D eigenvalue weighted by Gasteiger charge is -2.30. The van der Waals surface area contributed by atoms with Crippen molar-refractivity contribution in [3.8, 4) is 0 Å². The lowest BCUT2D eigenvalue weighted by Crippen LogP contribution is -2.34. The van der Waals surface area contributed by atoms with Crippen LogP contribution in [0.4, 0.5) is 11.4 Å². The van der Waals surface area contributed by atoms with E-state index in [0.29, 0.717) is 18.2 Å². The molecule has 2 rings (SSSR count). The Kier molecular flexibility index (Phi) is 4.22. The Hall–Kier alpha value is -2.11. The van der Waals surface area contributed by atoms with Crippen LogP contribution in [0, 0.1) is 16.0 Å². The quantitative estimate of drug-likeness (QED) is 0.662. The van der Waals surface area contributed by atoms with Gasteiger partial charge in [0, 0.05) is 20.6 Å². The molecule has 6 nitrogen and oxygen atoms in total. The number of rotatable bonds is 5. The second-order valence-electron chi connectivity index (χ2n) is 5.19. The minimum atomic E-state index is -0.504. The minimum absolute atomic E-state index is 0.142. The first-order chi connectivity index (χ1) is 9.54. The van der Waals surface area contributed by atoms with Crippen LogP contribution in [-0.2, 0) is 0 Å². The number of nitrogens with zero attached hydrogens (tertiary/aromatic N) is 2. The number of nitro benzene ring substituents is 1. The molecule has 1 aromatic rings. The Morgan fingerprint density at radius 2 is 2.20 bits per heavy atom. The van der Waals surface area contributed by atoms with Gasteiger partial charge in [-0.1, -0.05) is 12.5 Å². The SMILES string of the molecule is CNc1cccc(C(=O)N(C)CC2CCC2)c1[N+](=O)[O-]. The van der Waals surface area contributed by atoms with Gasteiger partial charge in [0.2, 0.25) is 0 Å². The molecule has 6 heteroatoms. The maximum Gasteiger partial charge on any atom is 0.305 e. The highest BCUT2D eigenvalue weighted by molar-refractivity contribution is 6.00. The van der Waals surface area contributed by atoms with E-state index in [1.54, 1.807) is 31.1 Å². The summed E-state index contributed by atoms with van der Waals surface area (Å²) in [7, 11) is 3.31. The van der Waals surface area contributed by atoms with Crippen molar-refractivity contribution < 1.29 is 9.72 Å². The highest BCUT2D eigenvalue weighted by Crippen LogP contribution is 2.31. The number of carbonyl (C=O) groups is 1. The van der Waals surface area contributed by atoms with Crippen molar-refractivity contribution in [3.05, 3.63) is 33.9 Å². The fraction of sp³-hybridized carbons (Fsp3) is 0.500. The fourth-order valence-corrected chi connectivity index (χ4v) is 2.47. The van der Waals surface area contributed by atoms with Gasteiger partial charge in [0.15, 0.2) is 0 Å². The maximum absolute atomic E-state index is 12.4. The number of amides is 1. The molecule has 0 aliphatic heterocycles. The Labute approximate surface area is 117 Å². The summed E-state index contributed by atoms with van der Waals surface area (Å²) in [4.78, 5) is 24.7. The Morgan fingerprint density at radius 3 is 2.70 bits per heavy atom. The minimum Gasteiger partial charge on any atom is -0.383 e. The van der Waals surface area contributed by atoms with Gasteiger partial charge in [-0.05, 0) is 30.9 Å². The highest BCUT2D eigenvalue weighted by atomic mass is 16.6. The van der Waals surface area contributed by atoms with Crippen molar-refractivity contribution in [1.82, 2.24) is 4.90 Å². The number of carbonyl (C=O) groups excluding carboxylic acids is 1. The van der Waals surface area contributed by atoms with Crippen molar-refractivity contribution in [2.24, 2.45) is 5.92 Å². The molecule has 0 atom stereocenters. The molecular formula is C14H19N3O3. The molecule has 1 saturated carbocycles. The van der Waals surface area contributed by atoms with Gasteiger partial charge in [-0.15, -0.1) is 0 Å². The van der Waals surface area contributed by atoms with Crippen molar-refractivity contribution in [2.45, 2.75) is 19.3 Å². The molecule has 1 N–H and O–H groups in total. The predicted molar refractivity (Wildman–Crippen MR) is 76.9 cm³/mol. The van der Waals surface area contributed by atoms with Gasteiger partial charge in [-0.2, -0.15) is 0 Å². The van der Waals surface area contributed by atoms with Crippen LogP contribution in [0.25, 0.3) is 0 Å². The van der Waals surface area contributed by atoms with E-state index in [1.165, 1.54) is 12.5 Å². The average molecular weight is 277 g/mol. The molecule has 1 amide bonds. The molecule has 0 unspecified atom stereocenters. The van der Waals surface area contributed by atoms with Gasteiger partial charge < -0.3 is 10.2 Å². The normalized spacial score (nSPS) is 14.5. The number of anilines is 1. The van der Waals surface area contributed by atoms with Gasteiger partial charge in [0.05, 0.1) is 4.92 Å². The molecule has 0 heterocycles. The van der Waals surface area contributed by atoms with Crippen LogP contribution in [0.5, 0.6) is 0 Å². The van der Waals surface area contributed by atoms with Gasteiger partial charge in [0.1, 0.15) is 11.3 Å². The van der Waals surface area contributed by atoms with E-state index in [0.717, 1.165) is 12.8 Å². The summed E-state index contributed by atoms with van der Waals surface area (Å²) in [6.45, 7) is 0.666. The van der Waals surface area contributed by atoms with Gasteiger partial charge >= 0.3 is 5.69 Å². The zero-order valence-corrected chi connectivity index (χ0v) is 11.8. The molecule has 20 heavy (non-hydrogen) atoms. The third kappa shape index (κ3) is 2.74. The van der Waals surface area contributed by atoms with Crippen molar-refractivity contribution in [2.75, 3.05) is 26.0 Å². The van der Waals surface area contributed by atoms with Gasteiger partial charge in [-0.3, -0.25) is 14.9 Å². The molecule has 1 fully saturated rings. The number of nitrogens with one attached hydrogen (secondary N) is 1. The smallest absolute Gasteiger partial charge is 0.305 e. The number of benzene rings is 1. The summed E-state index contributed by atoms with van der Waals surface area (Å²) in [6, 6.07) is 4.77. The Bertz CT molecular complexity index is 526. The molecule has 1 aromatic carbocycles. The summed E-state index contributed by atoms with van der Waals surface area (Å²) in [5.74, 6) is 0.246. The first kappa shape index (κ1) is 14.3. The maximum atomic E-state index is 12.4. The van der Waals surface area contributed by atoms with Crippen LogP contribution >= 0.6 is 0 Å². The van der Waals surface area contributed by atoms with E-state index in [9.17, 15) is 14.9 Å². The summed E-state index contributed by atoms with van der Waals surface area (Å²) in [5, 5.41) is 14.0. The largest absolute Gasteiger partial charge is 0.383 e. The lowest BCUT2D eigenvalue weighted by molar-refractivity contribution is -0.384. The number of para-hydroxylation sites is 1. The second-order valence-corrected chi connectivity index (χ2v) is 5.19. The Morgan fingerprint density at radius 1 is 1.50 bits per heavy atom. The van der Waals surface area contributed by atoms with Crippen LogP contribution in [0.1, 0.15) is 29.6 Å². The van der Waals surface area contributed by atoms with Crippen molar-refractivity contribution in [1.29, 1.82) is 0 Å². The van der Waals surface area contributed by atoms with E-state index < -0.39 is 4.92 Å². The second kappa shape index (κ2) is 5.90. The summed E-state index contributed by atoms with van der Waals surface area (Å²) in [6.07, 6.45) is 3.48. The summed E-state index contributed by atoms with van der Waals surface area (Å²) < 4.78 is 0. The predicted octanol–water partition coefficient (Wildman–Crippen LogP) is 2.51. The van der Waals surface area contributed by atoms with Crippen LogP contribution in [0.2, 0.25) is 0 Å². The van der Waals surface area contributed by atoms with E-state index >= 15 is 0 Å². The summed E-state index contributed by atoms with van der Waals surface area (Å²) >= 11 is 0. The van der Waals surface area contributed by atoms with Gasteiger partial charge in [0.25, 0.3) is 5.91 Å². The lowest BCUT2D eigenvalue weighted by atomic mass is 9.85. The molecular weight excluding hydrogens is 258 g/mol. The molecule has 0 aromatic heterocycles. The molecule has 0 radical (unpaired) electrons. The molecule has 1 aliphatic rings. The molecule has 0 saturated heterocycles. The van der Waals surface area contributed by atoms with Crippen LogP contribution < -0.4 is 5.32 Å². The van der Waals surface area contributed by atoms with E-state index in [2.05, 4.69) is 5.32 Å². The Balaban J connectivity index is 2.26. The monoisotopic (exact) mass is 277 g/mol. The molecule has 108 valence electrons. The third-order valence-electron chi connectivity index (χ3n) is 3.82. The third-order valence-corrected chi connectivity index (χ3v) is 3.82. The molecule has 0 bridgehead atoms. The van der Waals surface area contributed by atoms with E-state index in [4.69, 9.17) is 0 Å². The van der Waals surface area contributed by atoms with Gasteiger partial charge in [-0.25, -0.2) is 0 Å². The van der Waals surface area contributed by atoms with E-state index in [-0.39, 0.29) is 17.2 Å². The number of hydrogen-bond acceptors (Lipinski definition) is 4. The zero-order chi connectivity index (χ0) is 14.7. The topological polar surface area (TPSA) is 75.5 Å². The zero-order valence-electron chi connectivity index (χ0n) is 11.8. The van der Waals surface area contributed by atoms with Crippen LogP contribution in [-0.4, -0.2) is 36.4 Å². The van der Waals surface area contributed by atoms with E-state index in [1.807, 2.05) is 0 Å². The number of nitro groups is 1. The average Bonchev–Trinajstić information content (AvgIpc) is 2.40. The standard InChI is InChI=1S/C14H19N3O3/c1-15-12-8-4-7-11(13(12)17(19)20)14(18)16(2)9-10-5-3-6-10/h4,7-8,10,15H,3,5-6,9H2,1-2H3.